The fourth-order valence-electron chi connectivity index (χ4n) is 0.838. The third-order valence-electron chi connectivity index (χ3n) is 1.35. The molecular formula is C6H9N3O3S. The lowest BCUT2D eigenvalue weighted by Gasteiger charge is -1.97. The van der Waals surface area contributed by atoms with Crippen LogP contribution in [-0.4, -0.2) is 41.0 Å². The number of aryl methyl sites for hydroxylation is 1. The average Bonchev–Trinajstić information content (AvgIpc) is 2.30. The van der Waals surface area contributed by atoms with E-state index in [1.54, 1.807) is 7.05 Å². The number of Topliss-reactive ketones (excluding diaryl/α,β-unsaturated/α-hetero) is 1. The van der Waals surface area contributed by atoms with Crippen molar-refractivity contribution < 1.29 is 13.2 Å². The van der Waals surface area contributed by atoms with E-state index in [2.05, 4.69) is 10.2 Å². The van der Waals surface area contributed by atoms with Gasteiger partial charge < -0.3 is 4.57 Å². The summed E-state index contributed by atoms with van der Waals surface area (Å²) in [4.78, 5) is 11.2. The second-order valence-electron chi connectivity index (χ2n) is 2.76. The van der Waals surface area contributed by atoms with Gasteiger partial charge in [0.25, 0.3) is 0 Å². The van der Waals surface area contributed by atoms with Gasteiger partial charge in [-0.15, -0.1) is 10.2 Å². The Morgan fingerprint density at radius 3 is 2.62 bits per heavy atom. The molecule has 0 bridgehead atoms. The van der Waals surface area contributed by atoms with E-state index in [1.807, 2.05) is 0 Å². The van der Waals surface area contributed by atoms with Crippen molar-refractivity contribution >= 4 is 15.6 Å². The minimum absolute atomic E-state index is 0.0606. The van der Waals surface area contributed by atoms with E-state index in [0.29, 0.717) is 0 Å². The van der Waals surface area contributed by atoms with Gasteiger partial charge in [-0.3, -0.25) is 4.79 Å². The molecule has 7 heteroatoms. The van der Waals surface area contributed by atoms with Gasteiger partial charge in [0, 0.05) is 13.3 Å². The minimum Gasteiger partial charge on any atom is -0.314 e. The third kappa shape index (κ3) is 2.62. The van der Waals surface area contributed by atoms with Crippen LogP contribution in [0.3, 0.4) is 0 Å². The molecule has 13 heavy (non-hydrogen) atoms. The molecule has 0 fully saturated rings. The summed E-state index contributed by atoms with van der Waals surface area (Å²) in [6.07, 6.45) is 2.34. The highest BCUT2D eigenvalue weighted by Gasteiger charge is 2.17. The predicted molar refractivity (Wildman–Crippen MR) is 45.0 cm³/mol. The number of aromatic nitrogens is 3. The molecule has 0 aliphatic heterocycles. The summed E-state index contributed by atoms with van der Waals surface area (Å²) in [5.41, 5.74) is 0. The Kier molecular flexibility index (Phi) is 2.46. The molecule has 0 amide bonds. The van der Waals surface area contributed by atoms with Crippen LogP contribution in [0.4, 0.5) is 0 Å². The first-order chi connectivity index (χ1) is 5.90. The highest BCUT2D eigenvalue weighted by molar-refractivity contribution is 7.91. The quantitative estimate of drug-likeness (QED) is 0.591. The maximum Gasteiger partial charge on any atom is 0.215 e. The number of ketones is 1. The van der Waals surface area contributed by atoms with E-state index >= 15 is 0 Å². The maximum absolute atomic E-state index is 11.2. The van der Waals surface area contributed by atoms with E-state index in [-0.39, 0.29) is 5.82 Å². The Hall–Kier alpha value is -1.24. The summed E-state index contributed by atoms with van der Waals surface area (Å²) >= 11 is 0. The normalized spacial score (nSPS) is 11.5. The summed E-state index contributed by atoms with van der Waals surface area (Å²) in [6.45, 7) is 0. The zero-order valence-corrected chi connectivity index (χ0v) is 8.08. The van der Waals surface area contributed by atoms with Crippen LogP contribution in [0.15, 0.2) is 6.33 Å². The smallest absolute Gasteiger partial charge is 0.215 e. The topological polar surface area (TPSA) is 81.9 Å². The molecule has 1 rings (SSSR count). The highest BCUT2D eigenvalue weighted by atomic mass is 32.2. The van der Waals surface area contributed by atoms with Crippen LogP contribution in [0, 0.1) is 0 Å². The van der Waals surface area contributed by atoms with Gasteiger partial charge in [0.2, 0.25) is 11.6 Å². The molecule has 6 nitrogen and oxygen atoms in total. The molecule has 72 valence electrons. The standard InChI is InChI=1S/C6H9N3O3S/c1-9-4-7-8-6(9)5(10)3-13(2,11)12/h4H,3H2,1-2H3. The molecule has 0 unspecified atom stereocenters. The molecule has 1 aromatic heterocycles. The molecule has 0 radical (unpaired) electrons. The Morgan fingerprint density at radius 1 is 1.62 bits per heavy atom. The Morgan fingerprint density at radius 2 is 2.23 bits per heavy atom. The first-order valence-electron chi connectivity index (χ1n) is 3.45. The summed E-state index contributed by atoms with van der Waals surface area (Å²) < 4.78 is 22.9. The number of hydrogen-bond acceptors (Lipinski definition) is 5. The van der Waals surface area contributed by atoms with Crippen LogP contribution < -0.4 is 0 Å². The highest BCUT2D eigenvalue weighted by Crippen LogP contribution is 1.96. The fraction of sp³-hybridized carbons (Fsp3) is 0.500. The SMILES string of the molecule is Cn1cnnc1C(=O)CS(C)(=O)=O. The largest absolute Gasteiger partial charge is 0.314 e. The lowest BCUT2D eigenvalue weighted by molar-refractivity contribution is 0.100. The first kappa shape index (κ1) is 9.85. The summed E-state index contributed by atoms with van der Waals surface area (Å²) in [7, 11) is -1.72. The molecule has 0 aliphatic rings. The minimum atomic E-state index is -3.30. The number of rotatable bonds is 3. The summed E-state index contributed by atoms with van der Waals surface area (Å²) in [5.74, 6) is -1.01. The number of nitrogens with zero attached hydrogens (tertiary/aromatic N) is 3. The zero-order valence-electron chi connectivity index (χ0n) is 7.26. The van der Waals surface area contributed by atoms with Gasteiger partial charge in [0.1, 0.15) is 12.1 Å². The number of carbonyl (C=O) groups is 1. The van der Waals surface area contributed by atoms with Gasteiger partial charge in [0.15, 0.2) is 9.84 Å². The van der Waals surface area contributed by atoms with Crippen molar-refractivity contribution in [2.24, 2.45) is 7.05 Å². The molecule has 0 aromatic carbocycles. The van der Waals surface area contributed by atoms with Gasteiger partial charge >= 0.3 is 0 Å². The molecule has 0 aliphatic carbocycles. The maximum atomic E-state index is 11.2. The molecule has 0 atom stereocenters. The van der Waals surface area contributed by atoms with E-state index in [0.717, 1.165) is 6.26 Å². The molecule has 0 saturated carbocycles. The van der Waals surface area contributed by atoms with Crippen molar-refractivity contribution in [2.45, 2.75) is 0 Å². The molecule has 0 saturated heterocycles. The van der Waals surface area contributed by atoms with Crippen molar-refractivity contribution in [1.29, 1.82) is 0 Å². The molecule has 0 N–H and O–H groups in total. The number of carbonyl (C=O) groups excluding carboxylic acids is 1. The second-order valence-corrected chi connectivity index (χ2v) is 4.90. The van der Waals surface area contributed by atoms with Gasteiger partial charge in [-0.1, -0.05) is 0 Å². The Labute approximate surface area is 75.5 Å². The third-order valence-corrected chi connectivity index (χ3v) is 2.14. The van der Waals surface area contributed by atoms with Crippen molar-refractivity contribution in [2.75, 3.05) is 12.0 Å². The van der Waals surface area contributed by atoms with Crippen LogP contribution >= 0.6 is 0 Å². The summed E-state index contributed by atoms with van der Waals surface area (Å²) in [6, 6.07) is 0. The van der Waals surface area contributed by atoms with E-state index in [9.17, 15) is 13.2 Å². The van der Waals surface area contributed by atoms with E-state index in [4.69, 9.17) is 0 Å². The van der Waals surface area contributed by atoms with Gasteiger partial charge in [0.05, 0.1) is 0 Å². The fourth-order valence-corrected chi connectivity index (χ4v) is 1.44. The Balaban J connectivity index is 2.88. The van der Waals surface area contributed by atoms with E-state index < -0.39 is 21.4 Å². The second kappa shape index (κ2) is 3.25. The van der Waals surface area contributed by atoms with Crippen LogP contribution in [0.5, 0.6) is 0 Å². The molecule has 1 heterocycles. The molecule has 1 aromatic rings. The van der Waals surface area contributed by atoms with Crippen molar-refractivity contribution in [1.82, 2.24) is 14.8 Å². The van der Waals surface area contributed by atoms with E-state index in [1.165, 1.54) is 10.9 Å². The van der Waals surface area contributed by atoms with Gasteiger partial charge in [-0.2, -0.15) is 0 Å². The Bertz CT molecular complexity index is 420. The van der Waals surface area contributed by atoms with Crippen LogP contribution in [-0.2, 0) is 16.9 Å². The molecular weight excluding hydrogens is 194 g/mol. The monoisotopic (exact) mass is 203 g/mol. The van der Waals surface area contributed by atoms with Crippen molar-refractivity contribution in [3.8, 4) is 0 Å². The molecule has 0 spiro atoms. The van der Waals surface area contributed by atoms with Gasteiger partial charge in [-0.25, -0.2) is 8.42 Å². The van der Waals surface area contributed by atoms with Crippen LogP contribution in [0.2, 0.25) is 0 Å². The van der Waals surface area contributed by atoms with Gasteiger partial charge in [-0.05, 0) is 0 Å². The van der Waals surface area contributed by atoms with Crippen molar-refractivity contribution in [3.05, 3.63) is 12.2 Å². The summed E-state index contributed by atoms with van der Waals surface area (Å²) in [5, 5.41) is 6.97. The lowest BCUT2D eigenvalue weighted by atomic mass is 10.4. The first-order valence-corrected chi connectivity index (χ1v) is 5.51. The van der Waals surface area contributed by atoms with Crippen LogP contribution in [0.1, 0.15) is 10.6 Å². The average molecular weight is 203 g/mol. The zero-order chi connectivity index (χ0) is 10.1. The predicted octanol–water partition coefficient (Wildman–Crippen LogP) is -0.958. The van der Waals surface area contributed by atoms with Crippen molar-refractivity contribution in [3.63, 3.8) is 0 Å². The van der Waals surface area contributed by atoms with Crippen LogP contribution in [0.25, 0.3) is 0 Å². The number of sulfone groups is 1. The lowest BCUT2D eigenvalue weighted by Crippen LogP contribution is -2.18. The number of hydrogen-bond donors (Lipinski definition) is 0.